The van der Waals surface area contributed by atoms with E-state index in [9.17, 15) is 5.11 Å². The van der Waals surface area contributed by atoms with E-state index in [1.54, 1.807) is 0 Å². The number of aliphatic hydroxyl groups excluding tert-OH is 1. The van der Waals surface area contributed by atoms with Crippen LogP contribution in [0.1, 0.15) is 40.5 Å². The second-order valence-corrected chi connectivity index (χ2v) is 5.14. The molecule has 3 heteroatoms. The zero-order valence-electron chi connectivity index (χ0n) is 11.6. The second-order valence-electron chi connectivity index (χ2n) is 5.14. The molecule has 0 aliphatic rings. The summed E-state index contributed by atoms with van der Waals surface area (Å²) in [5.74, 6) is 3.21. The quantitative estimate of drug-likeness (QED) is 0.605. The number of hydrogen-bond donors (Lipinski definition) is 2. The van der Waals surface area contributed by atoms with Gasteiger partial charge < -0.3 is 15.2 Å². The summed E-state index contributed by atoms with van der Waals surface area (Å²) >= 11 is 0. The first-order valence-electron chi connectivity index (χ1n) is 6.42. The Hall–Kier alpha value is -0.560. The minimum atomic E-state index is -0.468. The summed E-state index contributed by atoms with van der Waals surface area (Å²) in [6, 6.07) is 0.239. The average molecular weight is 241 g/mol. The topological polar surface area (TPSA) is 41.5 Å². The van der Waals surface area contributed by atoms with E-state index in [4.69, 9.17) is 11.2 Å². The van der Waals surface area contributed by atoms with Crippen molar-refractivity contribution in [2.45, 2.75) is 58.8 Å². The van der Waals surface area contributed by atoms with Crippen LogP contribution < -0.4 is 5.32 Å². The van der Waals surface area contributed by atoms with Gasteiger partial charge in [0.1, 0.15) is 0 Å². The Morgan fingerprint density at radius 3 is 2.47 bits per heavy atom. The molecule has 0 radical (unpaired) electrons. The molecule has 0 amide bonds. The molecule has 17 heavy (non-hydrogen) atoms. The van der Waals surface area contributed by atoms with Gasteiger partial charge in [0.2, 0.25) is 0 Å². The molecule has 0 aromatic rings. The van der Waals surface area contributed by atoms with Crippen LogP contribution in [0, 0.1) is 18.3 Å². The van der Waals surface area contributed by atoms with Crippen LogP contribution in [-0.2, 0) is 4.74 Å². The molecule has 0 aromatic heterocycles. The van der Waals surface area contributed by atoms with E-state index < -0.39 is 6.10 Å². The smallest absolute Gasteiger partial charge is 0.0897 e. The summed E-state index contributed by atoms with van der Waals surface area (Å²) in [5.41, 5.74) is 0. The van der Waals surface area contributed by atoms with Crippen LogP contribution >= 0.6 is 0 Å². The molecule has 0 aliphatic carbocycles. The monoisotopic (exact) mass is 241 g/mol. The van der Waals surface area contributed by atoms with Gasteiger partial charge >= 0.3 is 0 Å². The van der Waals surface area contributed by atoms with E-state index in [1.807, 2.05) is 13.8 Å². The molecule has 2 N–H and O–H groups in total. The van der Waals surface area contributed by atoms with Gasteiger partial charge in [-0.1, -0.05) is 13.8 Å². The molecular weight excluding hydrogens is 214 g/mol. The second kappa shape index (κ2) is 9.47. The zero-order valence-corrected chi connectivity index (χ0v) is 11.6. The van der Waals surface area contributed by atoms with Crippen LogP contribution in [0.5, 0.6) is 0 Å². The van der Waals surface area contributed by atoms with Crippen molar-refractivity contribution < 1.29 is 9.84 Å². The molecule has 0 fully saturated rings. The fraction of sp³-hybridized carbons (Fsp3) is 0.857. The Bertz CT molecular complexity index is 223. The highest BCUT2D eigenvalue weighted by Crippen LogP contribution is 2.07. The summed E-state index contributed by atoms with van der Waals surface area (Å²) in [6.07, 6.45) is 6.64. The van der Waals surface area contributed by atoms with E-state index in [0.29, 0.717) is 25.5 Å². The van der Waals surface area contributed by atoms with Crippen LogP contribution in [0.2, 0.25) is 0 Å². The Morgan fingerprint density at radius 1 is 1.29 bits per heavy atom. The van der Waals surface area contributed by atoms with Crippen LogP contribution in [0.15, 0.2) is 0 Å². The molecule has 0 spiro atoms. The van der Waals surface area contributed by atoms with Crippen molar-refractivity contribution in [1.82, 2.24) is 5.32 Å². The van der Waals surface area contributed by atoms with Crippen molar-refractivity contribution in [3.8, 4) is 12.3 Å². The highest BCUT2D eigenvalue weighted by atomic mass is 16.5. The lowest BCUT2D eigenvalue weighted by atomic mass is 10.1. The summed E-state index contributed by atoms with van der Waals surface area (Å²) in [7, 11) is 0. The number of nitrogens with one attached hydrogen (secondary N) is 1. The maximum Gasteiger partial charge on any atom is 0.0897 e. The molecule has 0 saturated heterocycles. The van der Waals surface area contributed by atoms with Crippen LogP contribution in [0.3, 0.4) is 0 Å². The minimum Gasteiger partial charge on any atom is -0.389 e. The maximum atomic E-state index is 9.71. The van der Waals surface area contributed by atoms with Crippen molar-refractivity contribution >= 4 is 0 Å². The molecule has 3 unspecified atom stereocenters. The first-order valence-corrected chi connectivity index (χ1v) is 6.42. The van der Waals surface area contributed by atoms with Crippen molar-refractivity contribution in [1.29, 1.82) is 0 Å². The Morgan fingerprint density at radius 2 is 1.94 bits per heavy atom. The SMILES string of the molecule is C#CCC(C)NCC(O)COC(C)CC(C)C. The average Bonchev–Trinajstić information content (AvgIpc) is 2.23. The van der Waals surface area contributed by atoms with E-state index in [2.05, 4.69) is 25.1 Å². The lowest BCUT2D eigenvalue weighted by Crippen LogP contribution is -2.36. The maximum absolute atomic E-state index is 9.71. The first kappa shape index (κ1) is 16.4. The number of ether oxygens (including phenoxy) is 1. The van der Waals surface area contributed by atoms with Gasteiger partial charge in [-0.05, 0) is 26.2 Å². The van der Waals surface area contributed by atoms with Crippen molar-refractivity contribution in [2.75, 3.05) is 13.2 Å². The molecule has 0 heterocycles. The number of hydrogen-bond acceptors (Lipinski definition) is 3. The van der Waals surface area contributed by atoms with Gasteiger partial charge in [0, 0.05) is 19.0 Å². The number of aliphatic hydroxyl groups is 1. The Balaban J connectivity index is 3.59. The lowest BCUT2D eigenvalue weighted by molar-refractivity contribution is -0.00907. The fourth-order valence-electron chi connectivity index (χ4n) is 1.65. The molecule has 0 bridgehead atoms. The summed E-state index contributed by atoms with van der Waals surface area (Å²) < 4.78 is 5.58. The number of terminal acetylenes is 1. The van der Waals surface area contributed by atoms with Gasteiger partial charge in [-0.2, -0.15) is 0 Å². The lowest BCUT2D eigenvalue weighted by Gasteiger charge is -2.19. The van der Waals surface area contributed by atoms with Crippen molar-refractivity contribution in [3.63, 3.8) is 0 Å². The van der Waals surface area contributed by atoms with E-state index in [1.165, 1.54) is 0 Å². The normalized spacial score (nSPS) is 16.5. The van der Waals surface area contributed by atoms with E-state index in [0.717, 1.165) is 6.42 Å². The molecule has 0 saturated carbocycles. The largest absolute Gasteiger partial charge is 0.389 e. The van der Waals surface area contributed by atoms with E-state index in [-0.39, 0.29) is 12.1 Å². The minimum absolute atomic E-state index is 0.202. The standard InChI is InChI=1S/C14H27NO2/c1-6-7-12(4)15-9-14(16)10-17-13(5)8-11(2)3/h1,11-16H,7-10H2,2-5H3. The fourth-order valence-corrected chi connectivity index (χ4v) is 1.65. The predicted molar refractivity (Wildman–Crippen MR) is 71.8 cm³/mol. The van der Waals surface area contributed by atoms with Crippen molar-refractivity contribution in [3.05, 3.63) is 0 Å². The molecule has 3 nitrogen and oxygen atoms in total. The molecule has 100 valence electrons. The Kier molecular flexibility index (Phi) is 9.16. The molecule has 0 aromatic carbocycles. The third-order valence-corrected chi connectivity index (χ3v) is 2.50. The van der Waals surface area contributed by atoms with Gasteiger partial charge in [0.05, 0.1) is 18.8 Å². The van der Waals surface area contributed by atoms with Gasteiger partial charge in [-0.3, -0.25) is 0 Å². The van der Waals surface area contributed by atoms with Crippen LogP contribution in [0.25, 0.3) is 0 Å². The predicted octanol–water partition coefficient (Wildman–Crippen LogP) is 1.80. The van der Waals surface area contributed by atoms with Crippen LogP contribution in [-0.4, -0.2) is 36.5 Å². The molecule has 3 atom stereocenters. The third kappa shape index (κ3) is 10.3. The van der Waals surface area contributed by atoms with Gasteiger partial charge in [0.15, 0.2) is 0 Å². The summed E-state index contributed by atoms with van der Waals surface area (Å²) in [5, 5.41) is 12.9. The molecule has 0 rings (SSSR count). The van der Waals surface area contributed by atoms with Crippen LogP contribution in [0.4, 0.5) is 0 Å². The summed E-state index contributed by atoms with van der Waals surface area (Å²) in [6.45, 7) is 9.29. The van der Waals surface area contributed by atoms with Gasteiger partial charge in [-0.25, -0.2) is 0 Å². The highest BCUT2D eigenvalue weighted by molar-refractivity contribution is 4.88. The Labute approximate surface area is 106 Å². The van der Waals surface area contributed by atoms with Gasteiger partial charge in [-0.15, -0.1) is 12.3 Å². The van der Waals surface area contributed by atoms with E-state index >= 15 is 0 Å². The first-order chi connectivity index (χ1) is 7.95. The zero-order chi connectivity index (χ0) is 13.3. The molecule has 0 aliphatic heterocycles. The van der Waals surface area contributed by atoms with Gasteiger partial charge in [0.25, 0.3) is 0 Å². The highest BCUT2D eigenvalue weighted by Gasteiger charge is 2.10. The molecular formula is C14H27NO2. The van der Waals surface area contributed by atoms with Crippen molar-refractivity contribution in [2.24, 2.45) is 5.92 Å². The third-order valence-electron chi connectivity index (χ3n) is 2.50. The summed E-state index contributed by atoms with van der Waals surface area (Å²) in [4.78, 5) is 0. The number of rotatable bonds is 9.